The van der Waals surface area contributed by atoms with Crippen LogP contribution in [0.4, 0.5) is 0 Å². The van der Waals surface area contributed by atoms with Gasteiger partial charge in [0.25, 0.3) is 5.91 Å². The van der Waals surface area contributed by atoms with E-state index >= 15 is 0 Å². The van der Waals surface area contributed by atoms with E-state index < -0.39 is 0 Å². The van der Waals surface area contributed by atoms with Crippen LogP contribution in [0.1, 0.15) is 25.3 Å². The molecule has 2 aliphatic rings. The normalized spacial score (nSPS) is 19.0. The summed E-state index contributed by atoms with van der Waals surface area (Å²) in [5.41, 5.74) is 0.759. The van der Waals surface area contributed by atoms with Crippen molar-refractivity contribution in [1.82, 2.24) is 4.90 Å². The minimum absolute atomic E-state index is 0.0741. The third-order valence-electron chi connectivity index (χ3n) is 4.72. The van der Waals surface area contributed by atoms with Gasteiger partial charge in [-0.05, 0) is 55.8 Å². The minimum atomic E-state index is -0.266. The van der Waals surface area contributed by atoms with Crippen LogP contribution in [0.3, 0.4) is 0 Å². The molecule has 1 saturated heterocycles. The van der Waals surface area contributed by atoms with E-state index in [0.29, 0.717) is 54.1 Å². The second-order valence-corrected chi connectivity index (χ2v) is 7.44. The molecule has 1 amide bonds. The molecule has 0 spiro atoms. The van der Waals surface area contributed by atoms with Gasteiger partial charge in [0.1, 0.15) is 11.5 Å². The lowest BCUT2D eigenvalue weighted by atomic mass is 9.97. The molecule has 1 aromatic rings. The smallest absolute Gasteiger partial charge is 0.309 e. The first kappa shape index (κ1) is 20.3. The van der Waals surface area contributed by atoms with Crippen molar-refractivity contribution in [2.75, 3.05) is 33.9 Å². The molecule has 3 rings (SSSR count). The first-order valence-corrected chi connectivity index (χ1v) is 10.0. The van der Waals surface area contributed by atoms with Gasteiger partial charge < -0.3 is 19.1 Å². The van der Waals surface area contributed by atoms with Gasteiger partial charge in [0, 0.05) is 18.7 Å². The summed E-state index contributed by atoms with van der Waals surface area (Å²) in [7, 11) is 3.18. The lowest BCUT2D eigenvalue weighted by molar-refractivity contribution is -0.149. The summed E-state index contributed by atoms with van der Waals surface area (Å²) in [4.78, 5) is 31.1. The van der Waals surface area contributed by atoms with E-state index in [0.717, 1.165) is 5.56 Å². The fourth-order valence-electron chi connectivity index (χ4n) is 3.19. The Balaban J connectivity index is 1.68. The average molecular weight is 404 g/mol. The zero-order valence-electron chi connectivity index (χ0n) is 16.3. The minimum Gasteiger partial charge on any atom is -0.497 e. The van der Waals surface area contributed by atoms with Crippen LogP contribution in [0.25, 0.3) is 6.08 Å². The lowest BCUT2D eigenvalue weighted by Crippen LogP contribution is -2.39. The molecule has 0 atom stereocenters. The van der Waals surface area contributed by atoms with Gasteiger partial charge >= 0.3 is 5.97 Å². The van der Waals surface area contributed by atoms with Crippen LogP contribution in [-0.4, -0.2) is 55.9 Å². The predicted octanol–water partition coefficient (Wildman–Crippen LogP) is 2.95. The van der Waals surface area contributed by atoms with Gasteiger partial charge in [0.05, 0.1) is 31.6 Å². The maximum atomic E-state index is 12.4. The molecule has 0 aliphatic carbocycles. The third-order valence-corrected chi connectivity index (χ3v) is 5.76. The molecule has 1 aromatic carbocycles. The summed E-state index contributed by atoms with van der Waals surface area (Å²) in [5.74, 6) is 0.868. The number of aliphatic imine (C=N–C) groups is 1. The Bertz CT molecular complexity index is 813. The van der Waals surface area contributed by atoms with Crippen molar-refractivity contribution in [3.8, 4) is 11.5 Å². The predicted molar refractivity (Wildman–Crippen MR) is 108 cm³/mol. The van der Waals surface area contributed by atoms with Crippen LogP contribution in [0, 0.1) is 5.92 Å². The van der Waals surface area contributed by atoms with Crippen LogP contribution in [-0.2, 0) is 14.3 Å². The number of benzene rings is 1. The molecule has 0 radical (unpaired) electrons. The number of methoxy groups -OCH3 is 2. The summed E-state index contributed by atoms with van der Waals surface area (Å²) in [6.07, 6.45) is 3.18. The molecule has 28 heavy (non-hydrogen) atoms. The lowest BCUT2D eigenvalue weighted by Gasteiger charge is -2.31. The van der Waals surface area contributed by atoms with Crippen LogP contribution in [0.15, 0.2) is 28.1 Å². The quantitative estimate of drug-likeness (QED) is 0.551. The number of carbonyl (C=O) groups is 2. The Morgan fingerprint density at radius 3 is 2.68 bits per heavy atom. The number of hydrogen-bond acceptors (Lipinski definition) is 7. The van der Waals surface area contributed by atoms with Crippen molar-refractivity contribution in [1.29, 1.82) is 0 Å². The first-order chi connectivity index (χ1) is 13.5. The molecule has 0 N–H and O–H groups in total. The third kappa shape index (κ3) is 4.49. The highest BCUT2D eigenvalue weighted by Crippen LogP contribution is 2.35. The molecule has 2 heterocycles. The monoisotopic (exact) mass is 404 g/mol. The Morgan fingerprint density at radius 2 is 2.04 bits per heavy atom. The fourth-order valence-corrected chi connectivity index (χ4v) is 4.15. The number of thioether (sulfide) groups is 1. The molecule has 8 heteroatoms. The standard InChI is InChI=1S/C20H24N2O5S/c1-4-27-19(24)13-7-9-22(10-8-13)20-21-18(23)17(28-20)12-14-11-15(25-2)5-6-16(14)26-3/h5-6,11-13H,4,7-10H2,1-3H3. The Kier molecular flexibility index (Phi) is 6.61. The number of esters is 1. The fraction of sp³-hybridized carbons (Fsp3) is 0.450. The van der Waals surface area contributed by atoms with E-state index in [1.165, 1.54) is 11.8 Å². The summed E-state index contributed by atoms with van der Waals surface area (Å²) < 4.78 is 15.7. The number of amidine groups is 1. The number of hydrogen-bond donors (Lipinski definition) is 0. The van der Waals surface area contributed by atoms with Crippen molar-refractivity contribution in [2.45, 2.75) is 19.8 Å². The van der Waals surface area contributed by atoms with Gasteiger partial charge in [0.15, 0.2) is 5.17 Å². The number of nitrogens with zero attached hydrogens (tertiary/aromatic N) is 2. The molecule has 0 aromatic heterocycles. The summed E-state index contributed by atoms with van der Waals surface area (Å²) in [6, 6.07) is 5.43. The zero-order valence-corrected chi connectivity index (χ0v) is 17.1. The van der Waals surface area contributed by atoms with Gasteiger partial charge in [-0.2, -0.15) is 4.99 Å². The van der Waals surface area contributed by atoms with E-state index in [1.54, 1.807) is 32.4 Å². The molecule has 0 saturated carbocycles. The van der Waals surface area contributed by atoms with E-state index in [4.69, 9.17) is 14.2 Å². The van der Waals surface area contributed by atoms with Crippen molar-refractivity contribution < 1.29 is 23.8 Å². The Morgan fingerprint density at radius 1 is 1.29 bits per heavy atom. The number of piperidine rings is 1. The van der Waals surface area contributed by atoms with Gasteiger partial charge in [-0.3, -0.25) is 9.59 Å². The van der Waals surface area contributed by atoms with Crippen molar-refractivity contribution in [3.63, 3.8) is 0 Å². The van der Waals surface area contributed by atoms with Gasteiger partial charge in [0.2, 0.25) is 0 Å². The van der Waals surface area contributed by atoms with E-state index in [1.807, 2.05) is 13.0 Å². The summed E-state index contributed by atoms with van der Waals surface area (Å²) in [6.45, 7) is 3.57. The molecule has 1 fully saturated rings. The van der Waals surface area contributed by atoms with E-state index in [9.17, 15) is 9.59 Å². The molecular weight excluding hydrogens is 380 g/mol. The summed E-state index contributed by atoms with van der Waals surface area (Å²) in [5, 5.41) is 0.681. The number of ether oxygens (including phenoxy) is 3. The van der Waals surface area contributed by atoms with Gasteiger partial charge in [-0.15, -0.1) is 0 Å². The van der Waals surface area contributed by atoms with Crippen LogP contribution >= 0.6 is 11.8 Å². The Labute approximate surface area is 168 Å². The van der Waals surface area contributed by atoms with Crippen LogP contribution < -0.4 is 9.47 Å². The van der Waals surface area contributed by atoms with Gasteiger partial charge in [-0.25, -0.2) is 0 Å². The molecule has 0 bridgehead atoms. The van der Waals surface area contributed by atoms with Crippen molar-refractivity contribution in [2.24, 2.45) is 10.9 Å². The Hall–Kier alpha value is -2.48. The van der Waals surface area contributed by atoms with E-state index in [2.05, 4.69) is 9.89 Å². The SMILES string of the molecule is CCOC(=O)C1CCN(C2=NC(=O)C(=Cc3cc(OC)ccc3OC)S2)CC1. The van der Waals surface area contributed by atoms with E-state index in [-0.39, 0.29) is 17.8 Å². The number of likely N-dealkylation sites (tertiary alicyclic amines) is 1. The maximum Gasteiger partial charge on any atom is 0.309 e. The number of carbonyl (C=O) groups excluding carboxylic acids is 2. The first-order valence-electron chi connectivity index (χ1n) is 9.21. The molecule has 2 aliphatic heterocycles. The number of rotatable bonds is 5. The number of amides is 1. The highest BCUT2D eigenvalue weighted by molar-refractivity contribution is 8.18. The van der Waals surface area contributed by atoms with Crippen molar-refractivity contribution in [3.05, 3.63) is 28.7 Å². The maximum absolute atomic E-state index is 12.4. The second-order valence-electron chi connectivity index (χ2n) is 6.43. The van der Waals surface area contributed by atoms with Crippen molar-refractivity contribution >= 4 is 34.9 Å². The van der Waals surface area contributed by atoms with Crippen LogP contribution in [0.2, 0.25) is 0 Å². The average Bonchev–Trinajstić information content (AvgIpc) is 3.08. The largest absolute Gasteiger partial charge is 0.497 e. The zero-order chi connectivity index (χ0) is 20.1. The second kappa shape index (κ2) is 9.14. The summed E-state index contributed by atoms with van der Waals surface area (Å²) >= 11 is 1.35. The van der Waals surface area contributed by atoms with Gasteiger partial charge in [-0.1, -0.05) is 0 Å². The molecule has 150 valence electrons. The van der Waals surface area contributed by atoms with Crippen LogP contribution in [0.5, 0.6) is 11.5 Å². The highest BCUT2D eigenvalue weighted by atomic mass is 32.2. The molecule has 0 unspecified atom stereocenters. The topological polar surface area (TPSA) is 77.4 Å². The molecule has 7 nitrogen and oxygen atoms in total. The molecular formula is C20H24N2O5S. The highest BCUT2D eigenvalue weighted by Gasteiger charge is 2.31.